The number of nitrogens with one attached hydrogen (secondary N) is 1. The number of nitro benzene ring substituents is 1. The number of hydrazine groups is 1. The lowest BCUT2D eigenvalue weighted by Crippen LogP contribution is -2.35. The van der Waals surface area contributed by atoms with E-state index in [2.05, 4.69) is 5.43 Å². The topological polar surface area (TPSA) is 120 Å². The van der Waals surface area contributed by atoms with Crippen LogP contribution in [0.25, 0.3) is 6.08 Å². The van der Waals surface area contributed by atoms with Gasteiger partial charge in [0.25, 0.3) is 17.5 Å². The van der Waals surface area contributed by atoms with Gasteiger partial charge in [0.15, 0.2) is 11.5 Å². The maximum Gasteiger partial charge on any atom is 0.282 e. The molecule has 34 heavy (non-hydrogen) atoms. The SMILES string of the molecule is O=C1NN(c2ccccc2)C(=O)/C1=C\c1cc([N+](=O)[O-])ccc1OCc1ccc2c(c1)OCO2. The molecule has 1 N–H and O–H groups in total. The van der Waals surface area contributed by atoms with Crippen LogP contribution < -0.4 is 24.6 Å². The first-order valence-electron chi connectivity index (χ1n) is 10.2. The van der Waals surface area contributed by atoms with Gasteiger partial charge in [0.2, 0.25) is 6.79 Å². The van der Waals surface area contributed by atoms with Crippen molar-refractivity contribution in [3.05, 3.63) is 93.5 Å². The molecule has 0 aromatic heterocycles. The molecule has 0 unspecified atom stereocenters. The molecule has 0 aliphatic carbocycles. The van der Waals surface area contributed by atoms with Gasteiger partial charge in [0.05, 0.1) is 10.6 Å². The number of hydrogen-bond donors (Lipinski definition) is 1. The molecule has 0 radical (unpaired) electrons. The number of hydrogen-bond acceptors (Lipinski definition) is 7. The van der Waals surface area contributed by atoms with E-state index in [0.29, 0.717) is 17.2 Å². The summed E-state index contributed by atoms with van der Waals surface area (Å²) < 4.78 is 16.6. The fourth-order valence-corrected chi connectivity index (χ4v) is 3.56. The van der Waals surface area contributed by atoms with Crippen LogP contribution in [-0.4, -0.2) is 23.5 Å². The zero-order valence-corrected chi connectivity index (χ0v) is 17.6. The van der Waals surface area contributed by atoms with Crippen LogP contribution in [0.5, 0.6) is 17.2 Å². The van der Waals surface area contributed by atoms with Crippen molar-refractivity contribution in [2.45, 2.75) is 6.61 Å². The number of fused-ring (bicyclic) bond motifs is 1. The molecular weight excluding hydrogens is 442 g/mol. The van der Waals surface area contributed by atoms with Gasteiger partial charge in [0, 0.05) is 17.7 Å². The minimum absolute atomic E-state index is 0.126. The Morgan fingerprint density at radius 1 is 1.03 bits per heavy atom. The van der Waals surface area contributed by atoms with Gasteiger partial charge in [-0.1, -0.05) is 24.3 Å². The second-order valence-electron chi connectivity index (χ2n) is 7.43. The van der Waals surface area contributed by atoms with E-state index in [-0.39, 0.29) is 36.0 Å². The predicted molar refractivity (Wildman–Crippen MR) is 120 cm³/mol. The van der Waals surface area contributed by atoms with Crippen LogP contribution in [0.2, 0.25) is 0 Å². The largest absolute Gasteiger partial charge is 0.488 e. The molecule has 1 saturated heterocycles. The summed E-state index contributed by atoms with van der Waals surface area (Å²) >= 11 is 0. The molecular formula is C24H17N3O7. The fraction of sp³-hybridized carbons (Fsp3) is 0.0833. The van der Waals surface area contributed by atoms with Crippen molar-refractivity contribution in [1.29, 1.82) is 0 Å². The molecule has 2 heterocycles. The molecule has 2 aliphatic rings. The minimum atomic E-state index is -0.623. The first-order valence-corrected chi connectivity index (χ1v) is 10.2. The summed E-state index contributed by atoms with van der Waals surface area (Å²) in [4.78, 5) is 36.2. The quantitative estimate of drug-likeness (QED) is 0.260. The van der Waals surface area contributed by atoms with Gasteiger partial charge < -0.3 is 14.2 Å². The number of para-hydroxylation sites is 1. The third-order valence-electron chi connectivity index (χ3n) is 5.24. The van der Waals surface area contributed by atoms with E-state index in [1.165, 1.54) is 24.3 Å². The monoisotopic (exact) mass is 459 g/mol. The maximum absolute atomic E-state index is 12.9. The van der Waals surface area contributed by atoms with Crippen LogP contribution in [0.1, 0.15) is 11.1 Å². The number of nitrogens with zero attached hydrogens (tertiary/aromatic N) is 2. The van der Waals surface area contributed by atoms with Gasteiger partial charge in [0.1, 0.15) is 17.9 Å². The molecule has 3 aromatic rings. The summed E-state index contributed by atoms with van der Waals surface area (Å²) in [6.07, 6.45) is 1.29. The van der Waals surface area contributed by atoms with Gasteiger partial charge >= 0.3 is 0 Å². The second kappa shape index (κ2) is 8.58. The Labute approximate surface area is 193 Å². The normalized spacial score (nSPS) is 15.5. The van der Waals surface area contributed by atoms with Gasteiger partial charge in [-0.15, -0.1) is 0 Å². The molecule has 5 rings (SSSR count). The van der Waals surface area contributed by atoms with Gasteiger partial charge in [-0.2, -0.15) is 0 Å². The summed E-state index contributed by atoms with van der Waals surface area (Å²) in [6.45, 7) is 0.275. The minimum Gasteiger partial charge on any atom is -0.488 e. The average Bonchev–Trinajstić information content (AvgIpc) is 3.43. The zero-order valence-electron chi connectivity index (χ0n) is 17.6. The van der Waals surface area contributed by atoms with E-state index in [9.17, 15) is 19.7 Å². The van der Waals surface area contributed by atoms with E-state index < -0.39 is 16.7 Å². The second-order valence-corrected chi connectivity index (χ2v) is 7.43. The van der Waals surface area contributed by atoms with Crippen LogP contribution in [0.4, 0.5) is 11.4 Å². The molecule has 10 nitrogen and oxygen atoms in total. The molecule has 3 aromatic carbocycles. The number of non-ortho nitro benzene ring substituents is 1. The van der Waals surface area contributed by atoms with E-state index in [0.717, 1.165) is 10.6 Å². The standard InChI is InChI=1S/C24H17N3O7/c28-23-19(24(29)26(25-23)17-4-2-1-3-5-17)12-16-11-18(27(30)31)7-9-20(16)32-13-15-6-8-21-22(10-15)34-14-33-21/h1-12H,13-14H2,(H,25,28)/b19-12-. The molecule has 2 amide bonds. The molecule has 0 saturated carbocycles. The van der Waals surface area contributed by atoms with Crippen molar-refractivity contribution < 1.29 is 28.7 Å². The van der Waals surface area contributed by atoms with Crippen molar-refractivity contribution in [3.8, 4) is 17.2 Å². The third-order valence-corrected chi connectivity index (χ3v) is 5.24. The lowest BCUT2D eigenvalue weighted by molar-refractivity contribution is -0.384. The number of nitro groups is 1. The molecule has 2 aliphatic heterocycles. The van der Waals surface area contributed by atoms with Crippen molar-refractivity contribution in [1.82, 2.24) is 5.43 Å². The van der Waals surface area contributed by atoms with Crippen LogP contribution in [0.3, 0.4) is 0 Å². The van der Waals surface area contributed by atoms with Crippen molar-refractivity contribution in [2.75, 3.05) is 11.8 Å². The highest BCUT2D eigenvalue weighted by atomic mass is 16.7. The number of ether oxygens (including phenoxy) is 3. The van der Waals surface area contributed by atoms with E-state index >= 15 is 0 Å². The Morgan fingerprint density at radius 3 is 2.62 bits per heavy atom. The van der Waals surface area contributed by atoms with Gasteiger partial charge in [-0.3, -0.25) is 25.1 Å². The third kappa shape index (κ3) is 3.99. The average molecular weight is 459 g/mol. The smallest absolute Gasteiger partial charge is 0.282 e. The highest BCUT2D eigenvalue weighted by molar-refractivity contribution is 6.31. The van der Waals surface area contributed by atoms with E-state index in [1.807, 2.05) is 6.07 Å². The Balaban J connectivity index is 1.44. The Bertz CT molecular complexity index is 1340. The molecule has 0 atom stereocenters. The first kappa shape index (κ1) is 21.0. The Kier molecular flexibility index (Phi) is 5.30. The molecule has 0 bridgehead atoms. The highest BCUT2D eigenvalue weighted by Gasteiger charge is 2.34. The fourth-order valence-electron chi connectivity index (χ4n) is 3.56. The number of benzene rings is 3. The van der Waals surface area contributed by atoms with Crippen LogP contribution in [0, 0.1) is 10.1 Å². The van der Waals surface area contributed by atoms with Crippen LogP contribution >= 0.6 is 0 Å². The maximum atomic E-state index is 12.9. The summed E-state index contributed by atoms with van der Waals surface area (Å²) in [7, 11) is 0. The lowest BCUT2D eigenvalue weighted by atomic mass is 10.1. The summed E-state index contributed by atoms with van der Waals surface area (Å²) in [5, 5.41) is 12.4. The number of carbonyl (C=O) groups excluding carboxylic acids is 2. The predicted octanol–water partition coefficient (Wildman–Crippen LogP) is 3.36. The Hall–Kier alpha value is -4.86. The zero-order chi connectivity index (χ0) is 23.7. The van der Waals surface area contributed by atoms with Crippen molar-refractivity contribution in [3.63, 3.8) is 0 Å². The van der Waals surface area contributed by atoms with Gasteiger partial charge in [-0.05, 0) is 42.0 Å². The van der Waals surface area contributed by atoms with E-state index in [4.69, 9.17) is 14.2 Å². The number of carbonyl (C=O) groups is 2. The van der Waals surface area contributed by atoms with Gasteiger partial charge in [-0.25, -0.2) is 5.01 Å². The summed E-state index contributed by atoms with van der Waals surface area (Å²) in [6, 6.07) is 17.9. The van der Waals surface area contributed by atoms with Crippen molar-refractivity contribution in [2.24, 2.45) is 0 Å². The molecule has 0 spiro atoms. The molecule has 1 fully saturated rings. The highest BCUT2D eigenvalue weighted by Crippen LogP contribution is 2.34. The molecule has 170 valence electrons. The number of amides is 2. The van der Waals surface area contributed by atoms with Crippen molar-refractivity contribution >= 4 is 29.3 Å². The summed E-state index contributed by atoms with van der Waals surface area (Å²) in [5.41, 5.74) is 3.63. The van der Waals surface area contributed by atoms with Crippen LogP contribution in [-0.2, 0) is 16.2 Å². The molecule has 10 heteroatoms. The number of anilines is 1. The summed E-state index contributed by atoms with van der Waals surface area (Å²) in [5.74, 6) is 0.306. The Morgan fingerprint density at radius 2 is 1.82 bits per heavy atom. The van der Waals surface area contributed by atoms with E-state index in [1.54, 1.807) is 42.5 Å². The van der Waals surface area contributed by atoms with Crippen LogP contribution in [0.15, 0.2) is 72.3 Å². The lowest BCUT2D eigenvalue weighted by Gasteiger charge is -2.14. The first-order chi connectivity index (χ1) is 16.5. The number of rotatable bonds is 6.